The van der Waals surface area contributed by atoms with Crippen LogP contribution in [0.4, 0.5) is 0 Å². The van der Waals surface area contributed by atoms with E-state index in [1.165, 1.54) is 14.2 Å². The van der Waals surface area contributed by atoms with Gasteiger partial charge in [0.15, 0.2) is 0 Å². The second-order valence-electron chi connectivity index (χ2n) is 2.56. The number of carbonyl (C=O) groups is 1. The Labute approximate surface area is 72.7 Å². The molecule has 0 saturated carbocycles. The Morgan fingerprint density at radius 2 is 2.08 bits per heavy atom. The molecule has 0 aromatic rings. The van der Waals surface area contributed by atoms with Crippen molar-refractivity contribution >= 4 is 5.97 Å². The van der Waals surface area contributed by atoms with E-state index in [-0.39, 0.29) is 11.9 Å². The first kappa shape index (κ1) is 11.4. The van der Waals surface area contributed by atoms with E-state index in [0.29, 0.717) is 6.61 Å². The van der Waals surface area contributed by atoms with Crippen molar-refractivity contribution in [3.05, 3.63) is 0 Å². The summed E-state index contributed by atoms with van der Waals surface area (Å²) in [5.74, 6) is -0.233. The minimum absolute atomic E-state index is 0.0598. The van der Waals surface area contributed by atoms with Gasteiger partial charge in [0.25, 0.3) is 0 Å². The molecule has 1 atom stereocenters. The normalized spacial score (nSPS) is 12.6. The van der Waals surface area contributed by atoms with Gasteiger partial charge in [0.1, 0.15) is 0 Å². The third-order valence-corrected chi connectivity index (χ3v) is 1.59. The zero-order valence-corrected chi connectivity index (χ0v) is 7.83. The molecule has 0 bridgehead atoms. The van der Waals surface area contributed by atoms with Crippen LogP contribution in [0.2, 0.25) is 0 Å². The van der Waals surface area contributed by atoms with Gasteiger partial charge in [-0.15, -0.1) is 0 Å². The Kier molecular flexibility index (Phi) is 6.70. The molecule has 0 aliphatic carbocycles. The highest BCUT2D eigenvalue weighted by Crippen LogP contribution is 2.06. The lowest BCUT2D eigenvalue weighted by molar-refractivity contribution is -0.273. The number of rotatable bonds is 6. The SMILES string of the molecule is COOCCCC(C)C(=O)OC. The summed E-state index contributed by atoms with van der Waals surface area (Å²) in [6.45, 7) is 2.34. The predicted molar refractivity (Wildman–Crippen MR) is 43.4 cm³/mol. The summed E-state index contributed by atoms with van der Waals surface area (Å²) in [4.78, 5) is 19.9. The maximum absolute atomic E-state index is 10.9. The van der Waals surface area contributed by atoms with E-state index < -0.39 is 0 Å². The monoisotopic (exact) mass is 176 g/mol. The van der Waals surface area contributed by atoms with Gasteiger partial charge < -0.3 is 4.74 Å². The minimum atomic E-state index is -0.174. The third kappa shape index (κ3) is 5.09. The number of carbonyl (C=O) groups excluding carboxylic acids is 1. The quantitative estimate of drug-likeness (QED) is 0.263. The molecule has 0 aliphatic heterocycles. The molecule has 4 heteroatoms. The zero-order chi connectivity index (χ0) is 9.40. The molecule has 0 N–H and O–H groups in total. The van der Waals surface area contributed by atoms with Gasteiger partial charge in [0, 0.05) is 0 Å². The molecule has 0 aromatic heterocycles. The standard InChI is InChI=1S/C8H16O4/c1-7(8(9)10-2)5-4-6-12-11-3/h7H,4-6H2,1-3H3. The van der Waals surface area contributed by atoms with Crippen LogP contribution in [-0.4, -0.2) is 26.8 Å². The van der Waals surface area contributed by atoms with Crippen LogP contribution in [0.1, 0.15) is 19.8 Å². The highest BCUT2D eigenvalue weighted by atomic mass is 17.2. The topological polar surface area (TPSA) is 44.8 Å². The molecule has 0 fully saturated rings. The van der Waals surface area contributed by atoms with Crippen molar-refractivity contribution in [1.82, 2.24) is 0 Å². The van der Waals surface area contributed by atoms with Crippen LogP contribution in [-0.2, 0) is 19.3 Å². The molecule has 0 radical (unpaired) electrons. The van der Waals surface area contributed by atoms with Crippen molar-refractivity contribution in [2.75, 3.05) is 20.8 Å². The molecule has 12 heavy (non-hydrogen) atoms. The molecular weight excluding hydrogens is 160 g/mol. The molecule has 0 saturated heterocycles. The van der Waals surface area contributed by atoms with Crippen molar-refractivity contribution < 1.29 is 19.3 Å². The number of esters is 1. The van der Waals surface area contributed by atoms with Crippen LogP contribution in [0.25, 0.3) is 0 Å². The Hall–Kier alpha value is -0.610. The highest BCUT2D eigenvalue weighted by Gasteiger charge is 2.11. The average molecular weight is 176 g/mol. The van der Waals surface area contributed by atoms with E-state index in [9.17, 15) is 4.79 Å². The Bertz CT molecular complexity index is 124. The lowest BCUT2D eigenvalue weighted by Crippen LogP contribution is -2.13. The van der Waals surface area contributed by atoms with Crippen LogP contribution in [0, 0.1) is 5.92 Å². The second-order valence-corrected chi connectivity index (χ2v) is 2.56. The molecule has 1 unspecified atom stereocenters. The average Bonchev–Trinajstić information content (AvgIpc) is 2.10. The minimum Gasteiger partial charge on any atom is -0.469 e. The van der Waals surface area contributed by atoms with Gasteiger partial charge in [-0.05, 0) is 12.8 Å². The van der Waals surface area contributed by atoms with E-state index in [2.05, 4.69) is 14.5 Å². The van der Waals surface area contributed by atoms with Crippen LogP contribution >= 0.6 is 0 Å². The highest BCUT2D eigenvalue weighted by molar-refractivity contribution is 5.71. The van der Waals surface area contributed by atoms with Gasteiger partial charge in [0.2, 0.25) is 0 Å². The summed E-state index contributed by atoms with van der Waals surface area (Å²) < 4.78 is 4.56. The van der Waals surface area contributed by atoms with Crippen molar-refractivity contribution in [2.45, 2.75) is 19.8 Å². The fourth-order valence-electron chi connectivity index (χ4n) is 0.851. The van der Waals surface area contributed by atoms with Gasteiger partial charge in [0.05, 0.1) is 26.7 Å². The molecule has 0 spiro atoms. The number of hydrogen-bond donors (Lipinski definition) is 0. The second kappa shape index (κ2) is 7.06. The predicted octanol–water partition coefficient (Wildman–Crippen LogP) is 1.15. The van der Waals surface area contributed by atoms with Crippen molar-refractivity contribution in [1.29, 1.82) is 0 Å². The Morgan fingerprint density at radius 3 is 2.58 bits per heavy atom. The lowest BCUT2D eigenvalue weighted by Gasteiger charge is -2.07. The lowest BCUT2D eigenvalue weighted by atomic mass is 10.1. The maximum atomic E-state index is 10.9. The molecule has 0 heterocycles. The molecule has 0 aliphatic rings. The molecular formula is C8H16O4. The van der Waals surface area contributed by atoms with E-state index in [1.54, 1.807) is 0 Å². The largest absolute Gasteiger partial charge is 0.469 e. The summed E-state index contributed by atoms with van der Waals surface area (Å²) in [7, 11) is 2.86. The first-order valence-electron chi connectivity index (χ1n) is 3.95. The Morgan fingerprint density at radius 1 is 1.42 bits per heavy atom. The third-order valence-electron chi connectivity index (χ3n) is 1.59. The zero-order valence-electron chi connectivity index (χ0n) is 7.83. The van der Waals surface area contributed by atoms with Gasteiger partial charge in [-0.25, -0.2) is 9.78 Å². The first-order valence-corrected chi connectivity index (χ1v) is 3.95. The van der Waals surface area contributed by atoms with E-state index in [0.717, 1.165) is 12.8 Å². The number of hydrogen-bond acceptors (Lipinski definition) is 4. The van der Waals surface area contributed by atoms with Crippen LogP contribution in [0.5, 0.6) is 0 Å². The van der Waals surface area contributed by atoms with Crippen LogP contribution in [0.3, 0.4) is 0 Å². The van der Waals surface area contributed by atoms with Gasteiger partial charge in [-0.1, -0.05) is 6.92 Å². The summed E-state index contributed by atoms with van der Waals surface area (Å²) >= 11 is 0. The van der Waals surface area contributed by atoms with E-state index >= 15 is 0 Å². The molecule has 0 aromatic carbocycles. The summed E-state index contributed by atoms with van der Waals surface area (Å²) in [5.41, 5.74) is 0. The summed E-state index contributed by atoms with van der Waals surface area (Å²) in [6, 6.07) is 0. The molecule has 4 nitrogen and oxygen atoms in total. The van der Waals surface area contributed by atoms with Gasteiger partial charge in [-0.2, -0.15) is 0 Å². The molecule has 0 amide bonds. The van der Waals surface area contributed by atoms with E-state index in [1.807, 2.05) is 6.92 Å². The van der Waals surface area contributed by atoms with Gasteiger partial charge in [-0.3, -0.25) is 4.79 Å². The molecule has 0 rings (SSSR count). The smallest absolute Gasteiger partial charge is 0.308 e. The van der Waals surface area contributed by atoms with Gasteiger partial charge >= 0.3 is 5.97 Å². The summed E-state index contributed by atoms with van der Waals surface area (Å²) in [5, 5.41) is 0. The van der Waals surface area contributed by atoms with E-state index in [4.69, 9.17) is 0 Å². The van der Waals surface area contributed by atoms with Crippen molar-refractivity contribution in [3.63, 3.8) is 0 Å². The molecule has 72 valence electrons. The van der Waals surface area contributed by atoms with Crippen molar-refractivity contribution in [2.24, 2.45) is 5.92 Å². The summed E-state index contributed by atoms with van der Waals surface area (Å²) in [6.07, 6.45) is 1.56. The number of methoxy groups -OCH3 is 1. The Balaban J connectivity index is 3.31. The van der Waals surface area contributed by atoms with Crippen LogP contribution in [0.15, 0.2) is 0 Å². The van der Waals surface area contributed by atoms with Crippen LogP contribution < -0.4 is 0 Å². The maximum Gasteiger partial charge on any atom is 0.308 e. The number of ether oxygens (including phenoxy) is 1. The first-order chi connectivity index (χ1) is 5.72. The van der Waals surface area contributed by atoms with Crippen molar-refractivity contribution in [3.8, 4) is 0 Å². The fourth-order valence-corrected chi connectivity index (χ4v) is 0.851. The fraction of sp³-hybridized carbons (Fsp3) is 0.875.